The van der Waals surface area contributed by atoms with Gasteiger partial charge in [0.05, 0.1) is 4.88 Å². The van der Waals surface area contributed by atoms with Gasteiger partial charge in [-0.25, -0.2) is 5.43 Å². The van der Waals surface area contributed by atoms with Crippen LogP contribution in [-0.2, 0) is 12.8 Å². The Bertz CT molecular complexity index is 658. The summed E-state index contributed by atoms with van der Waals surface area (Å²) in [4.78, 5) is 14.6. The molecule has 1 aromatic heterocycles. The molecule has 0 unspecified atom stereocenters. The maximum absolute atomic E-state index is 12.3. The number of amides is 1. The third kappa shape index (κ3) is 2.43. The van der Waals surface area contributed by atoms with Crippen molar-refractivity contribution in [1.82, 2.24) is 5.43 Å². The Balaban J connectivity index is 1.41. The number of fused-ring (bicyclic) bond motifs is 2. The lowest BCUT2D eigenvalue weighted by molar-refractivity contribution is 0.0958. The fourth-order valence-electron chi connectivity index (χ4n) is 3.90. The van der Waals surface area contributed by atoms with Gasteiger partial charge in [0.1, 0.15) is 0 Å². The number of nitrogens with zero attached hydrogens (tertiary/aromatic N) is 1. The summed E-state index contributed by atoms with van der Waals surface area (Å²) in [6, 6.07) is 2.10. The molecule has 1 heterocycles. The number of hydrogen-bond donors (Lipinski definition) is 1. The summed E-state index contributed by atoms with van der Waals surface area (Å²) in [6.45, 7) is 2.26. The van der Waals surface area contributed by atoms with E-state index in [0.717, 1.165) is 42.2 Å². The van der Waals surface area contributed by atoms with E-state index in [1.54, 1.807) is 11.3 Å². The van der Waals surface area contributed by atoms with E-state index >= 15 is 0 Å². The second-order valence-corrected chi connectivity index (χ2v) is 7.90. The number of nitrogens with one attached hydrogen (secondary N) is 1. The number of aryl methyl sites for hydroxylation is 1. The van der Waals surface area contributed by atoms with E-state index in [-0.39, 0.29) is 5.91 Å². The van der Waals surface area contributed by atoms with Crippen molar-refractivity contribution in [3.63, 3.8) is 0 Å². The summed E-state index contributed by atoms with van der Waals surface area (Å²) in [7, 11) is 0. The molecule has 0 aromatic carbocycles. The zero-order chi connectivity index (χ0) is 15.1. The van der Waals surface area contributed by atoms with Crippen LogP contribution in [0.4, 0.5) is 0 Å². The van der Waals surface area contributed by atoms with Gasteiger partial charge in [0, 0.05) is 16.5 Å². The largest absolute Gasteiger partial charge is 0.281 e. The van der Waals surface area contributed by atoms with E-state index in [2.05, 4.69) is 35.7 Å². The van der Waals surface area contributed by atoms with Crippen LogP contribution in [0.3, 0.4) is 0 Å². The first-order chi connectivity index (χ1) is 10.7. The molecular weight excluding hydrogens is 292 g/mol. The number of carbonyl (C=O) groups excluding carboxylic acids is 1. The molecule has 3 atom stereocenters. The van der Waals surface area contributed by atoms with Crippen LogP contribution in [0.5, 0.6) is 0 Å². The molecule has 3 nitrogen and oxygen atoms in total. The first-order valence-electron chi connectivity index (χ1n) is 8.39. The van der Waals surface area contributed by atoms with Gasteiger partial charge in [-0.2, -0.15) is 5.10 Å². The standard InChI is InChI=1S/C18H22N2OS/c1-2-11-6-7-16-13(8-11)10-17(22-16)18(21)20-19-15-9-12-4-3-5-14(12)15/h3-4,10-12,14H,2,5-9H2,1H3,(H,20,21)/t11-,12+,14-/m1/s1. The van der Waals surface area contributed by atoms with Crippen LogP contribution in [0.25, 0.3) is 0 Å². The number of hydrazone groups is 1. The van der Waals surface area contributed by atoms with Crippen molar-refractivity contribution in [2.75, 3.05) is 0 Å². The molecule has 4 rings (SSSR count). The van der Waals surface area contributed by atoms with Crippen LogP contribution >= 0.6 is 11.3 Å². The lowest BCUT2D eigenvalue weighted by Crippen LogP contribution is -2.35. The SMILES string of the molecule is CC[C@@H]1CCc2sc(C(=O)NN=C3C[C@@H]4C=CC[C@@H]34)cc2C1. The zero-order valence-electron chi connectivity index (χ0n) is 13.0. The quantitative estimate of drug-likeness (QED) is 0.666. The normalized spacial score (nSPS) is 30.8. The van der Waals surface area contributed by atoms with E-state index in [0.29, 0.717) is 11.8 Å². The highest BCUT2D eigenvalue weighted by molar-refractivity contribution is 7.14. The Labute approximate surface area is 135 Å². The van der Waals surface area contributed by atoms with Gasteiger partial charge in [0.15, 0.2) is 0 Å². The number of rotatable bonds is 3. The number of hydrogen-bond acceptors (Lipinski definition) is 3. The van der Waals surface area contributed by atoms with E-state index in [4.69, 9.17) is 0 Å². The molecule has 0 saturated heterocycles. The lowest BCUT2D eigenvalue weighted by Gasteiger charge is -2.31. The fourth-order valence-corrected chi connectivity index (χ4v) is 5.00. The minimum absolute atomic E-state index is 0.0330. The second kappa shape index (κ2) is 5.65. The Morgan fingerprint density at radius 2 is 2.36 bits per heavy atom. The van der Waals surface area contributed by atoms with Gasteiger partial charge in [0.2, 0.25) is 0 Å². The summed E-state index contributed by atoms with van der Waals surface area (Å²) >= 11 is 1.66. The van der Waals surface area contributed by atoms with E-state index in [1.807, 2.05) is 0 Å². The van der Waals surface area contributed by atoms with Gasteiger partial charge in [-0.15, -0.1) is 11.3 Å². The second-order valence-electron chi connectivity index (χ2n) is 6.76. The van der Waals surface area contributed by atoms with Crippen molar-refractivity contribution in [3.8, 4) is 0 Å². The maximum Gasteiger partial charge on any atom is 0.281 e. The molecule has 3 aliphatic rings. The van der Waals surface area contributed by atoms with Gasteiger partial charge >= 0.3 is 0 Å². The Hall–Kier alpha value is -1.42. The highest BCUT2D eigenvalue weighted by Gasteiger charge is 2.38. The predicted octanol–water partition coefficient (Wildman–Crippen LogP) is 3.94. The molecule has 22 heavy (non-hydrogen) atoms. The third-order valence-electron chi connectivity index (χ3n) is 5.45. The van der Waals surface area contributed by atoms with Gasteiger partial charge in [-0.3, -0.25) is 4.79 Å². The van der Waals surface area contributed by atoms with Crippen molar-refractivity contribution in [1.29, 1.82) is 0 Å². The number of thiophene rings is 1. The van der Waals surface area contributed by atoms with Crippen molar-refractivity contribution in [2.24, 2.45) is 22.9 Å². The highest BCUT2D eigenvalue weighted by Crippen LogP contribution is 2.40. The Morgan fingerprint density at radius 1 is 1.45 bits per heavy atom. The molecule has 116 valence electrons. The summed E-state index contributed by atoms with van der Waals surface area (Å²) in [5.74, 6) is 1.99. The Kier molecular flexibility index (Phi) is 3.65. The summed E-state index contributed by atoms with van der Waals surface area (Å²) in [5, 5.41) is 4.37. The molecule has 0 aliphatic heterocycles. The van der Waals surface area contributed by atoms with Gasteiger partial charge in [-0.1, -0.05) is 25.5 Å². The van der Waals surface area contributed by atoms with Crippen molar-refractivity contribution in [2.45, 2.75) is 45.4 Å². The van der Waals surface area contributed by atoms with Crippen LogP contribution in [-0.4, -0.2) is 11.6 Å². The van der Waals surface area contributed by atoms with Crippen molar-refractivity contribution >= 4 is 23.0 Å². The predicted molar refractivity (Wildman–Crippen MR) is 90.4 cm³/mol. The van der Waals surface area contributed by atoms with Crippen LogP contribution in [0.15, 0.2) is 23.3 Å². The van der Waals surface area contributed by atoms with E-state index in [9.17, 15) is 4.79 Å². The van der Waals surface area contributed by atoms with Crippen molar-refractivity contribution in [3.05, 3.63) is 33.5 Å². The Morgan fingerprint density at radius 3 is 3.18 bits per heavy atom. The van der Waals surface area contributed by atoms with Gasteiger partial charge in [0.25, 0.3) is 5.91 Å². The van der Waals surface area contributed by atoms with Crippen LogP contribution in [0, 0.1) is 17.8 Å². The number of carbonyl (C=O) groups is 1. The van der Waals surface area contributed by atoms with E-state index in [1.165, 1.54) is 23.3 Å². The smallest absolute Gasteiger partial charge is 0.266 e. The first-order valence-corrected chi connectivity index (χ1v) is 9.21. The summed E-state index contributed by atoms with van der Waals surface area (Å²) in [6.07, 6.45) is 11.4. The van der Waals surface area contributed by atoms with Crippen LogP contribution < -0.4 is 5.43 Å². The maximum atomic E-state index is 12.3. The fraction of sp³-hybridized carbons (Fsp3) is 0.556. The number of allylic oxidation sites excluding steroid dienone is 2. The third-order valence-corrected chi connectivity index (χ3v) is 6.69. The first kappa shape index (κ1) is 14.2. The molecule has 1 aromatic rings. The van der Waals surface area contributed by atoms with E-state index < -0.39 is 0 Å². The average molecular weight is 314 g/mol. The molecule has 1 N–H and O–H groups in total. The molecule has 1 saturated carbocycles. The minimum atomic E-state index is -0.0330. The molecular formula is C18H22N2OS. The average Bonchev–Trinajstić information content (AvgIpc) is 3.10. The topological polar surface area (TPSA) is 41.5 Å². The monoisotopic (exact) mass is 314 g/mol. The van der Waals surface area contributed by atoms with Gasteiger partial charge in [-0.05, 0) is 55.6 Å². The lowest BCUT2D eigenvalue weighted by atomic mass is 9.74. The molecule has 0 spiro atoms. The molecule has 3 aliphatic carbocycles. The van der Waals surface area contributed by atoms with Crippen molar-refractivity contribution < 1.29 is 4.79 Å². The van der Waals surface area contributed by atoms with Crippen LogP contribution in [0.1, 0.15) is 52.7 Å². The van der Waals surface area contributed by atoms with Crippen LogP contribution in [0.2, 0.25) is 0 Å². The molecule has 4 heteroatoms. The zero-order valence-corrected chi connectivity index (χ0v) is 13.8. The molecule has 0 radical (unpaired) electrons. The summed E-state index contributed by atoms with van der Waals surface area (Å²) < 4.78 is 0. The molecule has 1 fully saturated rings. The summed E-state index contributed by atoms with van der Waals surface area (Å²) in [5.41, 5.74) is 5.34. The molecule has 0 bridgehead atoms. The highest BCUT2D eigenvalue weighted by atomic mass is 32.1. The van der Waals surface area contributed by atoms with Gasteiger partial charge < -0.3 is 0 Å². The molecule has 1 amide bonds. The minimum Gasteiger partial charge on any atom is -0.266 e.